The largest absolute Gasteiger partial charge is 0.480 e. The average Bonchev–Trinajstić information content (AvgIpc) is 2.08. The smallest absolute Gasteiger partial charge is 0.320 e. The maximum Gasteiger partial charge on any atom is 0.320 e. The Morgan fingerprint density at radius 1 is 1.62 bits per heavy atom. The van der Waals surface area contributed by atoms with E-state index in [0.717, 1.165) is 0 Å². The molecule has 1 rings (SSSR count). The molecule has 1 aromatic heterocycles. The number of carboxylic acid groups (broad SMARTS) is 1. The number of carbonyl (C=O) groups is 1. The highest BCUT2D eigenvalue weighted by molar-refractivity contribution is 5.73. The second-order valence-corrected chi connectivity index (χ2v) is 2.73. The number of nitrogens with zero attached hydrogens (tertiary/aromatic N) is 1. The summed E-state index contributed by atoms with van der Waals surface area (Å²) in [7, 11) is 0. The van der Waals surface area contributed by atoms with Crippen molar-refractivity contribution in [1.29, 1.82) is 0 Å². The van der Waals surface area contributed by atoms with Gasteiger partial charge in [-0.15, -0.1) is 0 Å². The van der Waals surface area contributed by atoms with Crippen LogP contribution in [0.25, 0.3) is 0 Å². The van der Waals surface area contributed by atoms with Crippen LogP contribution in [0.5, 0.6) is 0 Å². The lowest BCUT2D eigenvalue weighted by Gasteiger charge is -2.04. The standard InChI is InChI=1S/C8H11N3O2/c9-5-1-2-6(11-4-5)3-7(10)8(12)13/h1-2,4,7H,3,9-10H2,(H,12,13)/t7-/m0/s1. The summed E-state index contributed by atoms with van der Waals surface area (Å²) in [5.74, 6) is -1.03. The Morgan fingerprint density at radius 3 is 2.77 bits per heavy atom. The summed E-state index contributed by atoms with van der Waals surface area (Å²) < 4.78 is 0. The van der Waals surface area contributed by atoms with Crippen LogP contribution < -0.4 is 11.5 Å². The minimum absolute atomic E-state index is 0.218. The number of nitrogens with two attached hydrogens (primary N) is 2. The number of hydrogen-bond donors (Lipinski definition) is 3. The summed E-state index contributed by atoms with van der Waals surface area (Å²) in [5.41, 5.74) is 11.9. The van der Waals surface area contributed by atoms with Crippen LogP contribution in [-0.4, -0.2) is 22.1 Å². The lowest BCUT2D eigenvalue weighted by atomic mass is 10.1. The number of anilines is 1. The van der Waals surface area contributed by atoms with E-state index < -0.39 is 12.0 Å². The summed E-state index contributed by atoms with van der Waals surface area (Å²) >= 11 is 0. The van der Waals surface area contributed by atoms with Crippen molar-refractivity contribution in [3.8, 4) is 0 Å². The van der Waals surface area contributed by atoms with Crippen molar-refractivity contribution in [2.75, 3.05) is 5.73 Å². The third-order valence-electron chi connectivity index (χ3n) is 1.59. The molecule has 1 atom stereocenters. The first-order valence-corrected chi connectivity index (χ1v) is 3.78. The number of hydrogen-bond acceptors (Lipinski definition) is 4. The molecule has 0 aliphatic heterocycles. The topological polar surface area (TPSA) is 102 Å². The summed E-state index contributed by atoms with van der Waals surface area (Å²) in [6.07, 6.45) is 1.69. The van der Waals surface area contributed by atoms with Gasteiger partial charge in [0.1, 0.15) is 6.04 Å². The minimum atomic E-state index is -1.03. The molecule has 70 valence electrons. The van der Waals surface area contributed by atoms with Crippen molar-refractivity contribution < 1.29 is 9.90 Å². The molecule has 0 saturated heterocycles. The number of nitrogen functional groups attached to an aromatic ring is 1. The Hall–Kier alpha value is -1.62. The number of carboxylic acids is 1. The molecule has 0 fully saturated rings. The quantitative estimate of drug-likeness (QED) is 0.589. The van der Waals surface area contributed by atoms with E-state index in [4.69, 9.17) is 16.6 Å². The fourth-order valence-electron chi connectivity index (χ4n) is 0.869. The van der Waals surface area contributed by atoms with Crippen LogP contribution in [-0.2, 0) is 11.2 Å². The molecule has 0 aliphatic carbocycles. The van der Waals surface area contributed by atoms with Crippen LogP contribution in [0.4, 0.5) is 5.69 Å². The number of aromatic nitrogens is 1. The van der Waals surface area contributed by atoms with Crippen molar-refractivity contribution >= 4 is 11.7 Å². The molecule has 5 heteroatoms. The molecule has 0 aliphatic rings. The zero-order valence-electron chi connectivity index (χ0n) is 6.97. The number of aliphatic carboxylic acids is 1. The van der Waals surface area contributed by atoms with Gasteiger partial charge in [0.05, 0.1) is 11.9 Å². The molecule has 0 aromatic carbocycles. The number of rotatable bonds is 3. The van der Waals surface area contributed by atoms with Gasteiger partial charge < -0.3 is 16.6 Å². The van der Waals surface area contributed by atoms with Gasteiger partial charge in [0.15, 0.2) is 0 Å². The van der Waals surface area contributed by atoms with Crippen LogP contribution in [0.3, 0.4) is 0 Å². The highest BCUT2D eigenvalue weighted by Gasteiger charge is 2.12. The summed E-state index contributed by atoms with van der Waals surface area (Å²) in [6.45, 7) is 0. The van der Waals surface area contributed by atoms with Crippen LogP contribution in [0, 0.1) is 0 Å². The molecule has 1 aromatic rings. The Morgan fingerprint density at radius 2 is 2.31 bits per heavy atom. The maximum atomic E-state index is 10.4. The van der Waals surface area contributed by atoms with E-state index in [1.165, 1.54) is 6.20 Å². The van der Waals surface area contributed by atoms with Crippen LogP contribution in [0.15, 0.2) is 18.3 Å². The first-order chi connectivity index (χ1) is 6.09. The maximum absolute atomic E-state index is 10.4. The molecule has 13 heavy (non-hydrogen) atoms. The Balaban J connectivity index is 2.64. The van der Waals surface area contributed by atoms with Crippen molar-refractivity contribution in [3.63, 3.8) is 0 Å². The molecule has 0 bridgehead atoms. The Labute approximate surface area is 75.4 Å². The van der Waals surface area contributed by atoms with Crippen molar-refractivity contribution in [3.05, 3.63) is 24.0 Å². The van der Waals surface area contributed by atoms with Gasteiger partial charge in [-0.05, 0) is 12.1 Å². The third kappa shape index (κ3) is 2.72. The summed E-state index contributed by atoms with van der Waals surface area (Å²) in [6, 6.07) is 2.42. The van der Waals surface area contributed by atoms with Gasteiger partial charge in [0, 0.05) is 12.1 Å². The van der Waals surface area contributed by atoms with Crippen LogP contribution in [0.2, 0.25) is 0 Å². The van der Waals surface area contributed by atoms with Gasteiger partial charge in [-0.1, -0.05) is 0 Å². The molecule has 0 radical (unpaired) electrons. The van der Waals surface area contributed by atoms with E-state index in [1.54, 1.807) is 12.1 Å². The first-order valence-electron chi connectivity index (χ1n) is 3.78. The van der Waals surface area contributed by atoms with E-state index >= 15 is 0 Å². The normalized spacial score (nSPS) is 12.4. The monoisotopic (exact) mass is 181 g/mol. The molecular formula is C8H11N3O2. The van der Waals surface area contributed by atoms with Gasteiger partial charge in [-0.3, -0.25) is 9.78 Å². The van der Waals surface area contributed by atoms with Gasteiger partial charge in [0.2, 0.25) is 0 Å². The predicted molar refractivity (Wildman–Crippen MR) is 48.0 cm³/mol. The van der Waals surface area contributed by atoms with Crippen molar-refractivity contribution in [2.24, 2.45) is 5.73 Å². The molecule has 5 N–H and O–H groups in total. The zero-order chi connectivity index (χ0) is 9.84. The lowest BCUT2D eigenvalue weighted by Crippen LogP contribution is -2.32. The summed E-state index contributed by atoms with van der Waals surface area (Å²) in [4.78, 5) is 14.3. The zero-order valence-corrected chi connectivity index (χ0v) is 6.97. The van der Waals surface area contributed by atoms with Gasteiger partial charge in [-0.2, -0.15) is 0 Å². The average molecular weight is 181 g/mol. The second-order valence-electron chi connectivity index (χ2n) is 2.73. The first kappa shape index (κ1) is 9.47. The van der Waals surface area contributed by atoms with E-state index in [-0.39, 0.29) is 6.42 Å². The SMILES string of the molecule is Nc1ccc(C[C@H](N)C(=O)O)nc1. The lowest BCUT2D eigenvalue weighted by molar-refractivity contribution is -0.138. The fraction of sp³-hybridized carbons (Fsp3) is 0.250. The second kappa shape index (κ2) is 3.86. The van der Waals surface area contributed by atoms with Crippen LogP contribution >= 0.6 is 0 Å². The van der Waals surface area contributed by atoms with E-state index in [1.807, 2.05) is 0 Å². The van der Waals surface area contributed by atoms with Crippen molar-refractivity contribution in [2.45, 2.75) is 12.5 Å². The molecule has 0 spiro atoms. The van der Waals surface area contributed by atoms with Gasteiger partial charge >= 0.3 is 5.97 Å². The fourth-order valence-corrected chi connectivity index (χ4v) is 0.869. The number of pyridine rings is 1. The summed E-state index contributed by atoms with van der Waals surface area (Å²) in [5, 5.41) is 8.52. The predicted octanol–water partition coefficient (Wildman–Crippen LogP) is -0.382. The van der Waals surface area contributed by atoms with Gasteiger partial charge in [0.25, 0.3) is 0 Å². The molecular weight excluding hydrogens is 170 g/mol. The minimum Gasteiger partial charge on any atom is -0.480 e. The van der Waals surface area contributed by atoms with E-state index in [0.29, 0.717) is 11.4 Å². The third-order valence-corrected chi connectivity index (χ3v) is 1.59. The van der Waals surface area contributed by atoms with Crippen molar-refractivity contribution in [1.82, 2.24) is 4.98 Å². The van der Waals surface area contributed by atoms with E-state index in [2.05, 4.69) is 4.98 Å². The molecule has 1 heterocycles. The highest BCUT2D eigenvalue weighted by atomic mass is 16.4. The Kier molecular flexibility index (Phi) is 2.81. The molecule has 0 amide bonds. The van der Waals surface area contributed by atoms with E-state index in [9.17, 15) is 4.79 Å². The van der Waals surface area contributed by atoms with Gasteiger partial charge in [-0.25, -0.2) is 0 Å². The molecule has 0 unspecified atom stereocenters. The Bertz CT molecular complexity index is 297. The molecule has 5 nitrogen and oxygen atoms in total. The highest BCUT2D eigenvalue weighted by Crippen LogP contribution is 2.02. The molecule has 0 saturated carbocycles. The van der Waals surface area contributed by atoms with Crippen LogP contribution in [0.1, 0.15) is 5.69 Å².